The third kappa shape index (κ3) is 3.15. The van der Waals surface area contributed by atoms with Crippen molar-refractivity contribution < 1.29 is 9.13 Å². The van der Waals surface area contributed by atoms with Gasteiger partial charge in [-0.15, -0.1) is 0 Å². The normalized spacial score (nSPS) is 14.3. The average molecular weight is 337 g/mol. The van der Waals surface area contributed by atoms with Crippen molar-refractivity contribution in [2.24, 2.45) is 0 Å². The molecule has 0 bridgehead atoms. The Morgan fingerprint density at radius 3 is 2.80 bits per heavy atom. The molecule has 1 aliphatic heterocycles. The SMILES string of the molecule is COc1ccc(CN2CCc3[nH]nc(-c4ccccc4)c3C2)c(F)c1. The summed E-state index contributed by atoms with van der Waals surface area (Å²) in [7, 11) is 1.55. The first-order valence-electron chi connectivity index (χ1n) is 8.41. The zero-order valence-electron chi connectivity index (χ0n) is 14.1. The van der Waals surface area contributed by atoms with Crippen molar-refractivity contribution in [3.05, 3.63) is 71.2 Å². The Kier molecular flexibility index (Phi) is 4.24. The summed E-state index contributed by atoms with van der Waals surface area (Å²) in [5.41, 5.74) is 5.19. The van der Waals surface area contributed by atoms with E-state index in [1.807, 2.05) is 18.2 Å². The molecule has 1 N–H and O–H groups in total. The molecule has 1 aromatic heterocycles. The maximum atomic E-state index is 14.2. The summed E-state index contributed by atoms with van der Waals surface area (Å²) in [5, 5.41) is 7.68. The lowest BCUT2D eigenvalue weighted by molar-refractivity contribution is 0.241. The number of ether oxygens (including phenoxy) is 1. The van der Waals surface area contributed by atoms with E-state index in [-0.39, 0.29) is 5.82 Å². The Balaban J connectivity index is 1.56. The molecule has 0 saturated carbocycles. The van der Waals surface area contributed by atoms with Gasteiger partial charge in [-0.2, -0.15) is 5.10 Å². The molecule has 0 aliphatic carbocycles. The topological polar surface area (TPSA) is 41.1 Å². The van der Waals surface area contributed by atoms with Gasteiger partial charge in [-0.1, -0.05) is 36.4 Å². The molecule has 4 nitrogen and oxygen atoms in total. The third-order valence-corrected chi connectivity index (χ3v) is 4.71. The van der Waals surface area contributed by atoms with Crippen LogP contribution in [0.5, 0.6) is 5.75 Å². The summed E-state index contributed by atoms with van der Waals surface area (Å²) in [5.74, 6) is 0.323. The maximum Gasteiger partial charge on any atom is 0.131 e. The predicted molar refractivity (Wildman–Crippen MR) is 94.8 cm³/mol. The third-order valence-electron chi connectivity index (χ3n) is 4.71. The van der Waals surface area contributed by atoms with Gasteiger partial charge >= 0.3 is 0 Å². The number of benzene rings is 2. The standard InChI is InChI=1S/C20H20FN3O/c1-25-16-8-7-15(18(21)11-16)12-24-10-9-19-17(13-24)20(23-22-19)14-5-3-2-4-6-14/h2-8,11H,9-10,12-13H2,1H3,(H,22,23). The molecule has 0 saturated heterocycles. The summed E-state index contributed by atoms with van der Waals surface area (Å²) in [6.07, 6.45) is 0.896. The molecule has 0 radical (unpaired) electrons. The molecule has 3 aromatic rings. The molecule has 0 unspecified atom stereocenters. The van der Waals surface area contributed by atoms with Crippen molar-refractivity contribution in [1.29, 1.82) is 0 Å². The zero-order chi connectivity index (χ0) is 17.2. The Morgan fingerprint density at radius 2 is 2.04 bits per heavy atom. The first kappa shape index (κ1) is 15.8. The fourth-order valence-corrected chi connectivity index (χ4v) is 3.34. The molecule has 2 aromatic carbocycles. The molecular formula is C20H20FN3O. The highest BCUT2D eigenvalue weighted by molar-refractivity contribution is 5.64. The van der Waals surface area contributed by atoms with E-state index in [4.69, 9.17) is 4.74 Å². The Hall–Kier alpha value is -2.66. The lowest BCUT2D eigenvalue weighted by Crippen LogP contribution is -2.30. The van der Waals surface area contributed by atoms with E-state index in [2.05, 4.69) is 27.2 Å². The number of halogens is 1. The van der Waals surface area contributed by atoms with Crippen LogP contribution in [0.15, 0.2) is 48.5 Å². The molecule has 0 fully saturated rings. The van der Waals surface area contributed by atoms with Crippen LogP contribution in [-0.2, 0) is 19.5 Å². The van der Waals surface area contributed by atoms with E-state index < -0.39 is 0 Å². The minimum absolute atomic E-state index is 0.222. The van der Waals surface area contributed by atoms with Gasteiger partial charge in [0.05, 0.1) is 12.8 Å². The summed E-state index contributed by atoms with van der Waals surface area (Å²) in [4.78, 5) is 2.26. The van der Waals surface area contributed by atoms with Gasteiger partial charge in [0, 0.05) is 54.5 Å². The lowest BCUT2D eigenvalue weighted by atomic mass is 10.0. The van der Waals surface area contributed by atoms with Crippen LogP contribution in [0.3, 0.4) is 0 Å². The second-order valence-electron chi connectivity index (χ2n) is 6.31. The fraction of sp³-hybridized carbons (Fsp3) is 0.250. The van der Waals surface area contributed by atoms with Crippen LogP contribution in [0.1, 0.15) is 16.8 Å². The van der Waals surface area contributed by atoms with E-state index in [0.29, 0.717) is 17.9 Å². The number of nitrogens with zero attached hydrogens (tertiary/aromatic N) is 2. The van der Waals surface area contributed by atoms with Crippen LogP contribution >= 0.6 is 0 Å². The summed E-state index contributed by atoms with van der Waals surface area (Å²) in [6, 6.07) is 15.2. The summed E-state index contributed by atoms with van der Waals surface area (Å²) in [6.45, 7) is 2.23. The number of methoxy groups -OCH3 is 1. The largest absolute Gasteiger partial charge is 0.497 e. The lowest BCUT2D eigenvalue weighted by Gasteiger charge is -2.27. The van der Waals surface area contributed by atoms with E-state index in [0.717, 1.165) is 30.8 Å². The minimum Gasteiger partial charge on any atom is -0.497 e. The van der Waals surface area contributed by atoms with Gasteiger partial charge in [0.2, 0.25) is 0 Å². The summed E-state index contributed by atoms with van der Waals surface area (Å²) < 4.78 is 19.3. The average Bonchev–Trinajstić information content (AvgIpc) is 3.07. The first-order chi connectivity index (χ1) is 12.2. The molecule has 0 atom stereocenters. The first-order valence-corrected chi connectivity index (χ1v) is 8.41. The number of nitrogens with one attached hydrogen (secondary N) is 1. The van der Waals surface area contributed by atoms with E-state index >= 15 is 0 Å². The quantitative estimate of drug-likeness (QED) is 0.788. The van der Waals surface area contributed by atoms with Gasteiger partial charge in [-0.3, -0.25) is 10.00 Å². The van der Waals surface area contributed by atoms with Crippen molar-refractivity contribution >= 4 is 0 Å². The number of hydrogen-bond acceptors (Lipinski definition) is 3. The van der Waals surface area contributed by atoms with Crippen LogP contribution in [0.25, 0.3) is 11.3 Å². The highest BCUT2D eigenvalue weighted by atomic mass is 19.1. The van der Waals surface area contributed by atoms with Gasteiger partial charge < -0.3 is 4.74 Å². The highest BCUT2D eigenvalue weighted by Gasteiger charge is 2.23. The molecule has 1 aliphatic rings. The van der Waals surface area contributed by atoms with Crippen molar-refractivity contribution in [1.82, 2.24) is 15.1 Å². The van der Waals surface area contributed by atoms with Gasteiger partial charge in [0.1, 0.15) is 11.6 Å². The fourth-order valence-electron chi connectivity index (χ4n) is 3.34. The van der Waals surface area contributed by atoms with Crippen molar-refractivity contribution in [3.63, 3.8) is 0 Å². The second-order valence-corrected chi connectivity index (χ2v) is 6.31. The summed E-state index contributed by atoms with van der Waals surface area (Å²) >= 11 is 0. The molecule has 25 heavy (non-hydrogen) atoms. The number of fused-ring (bicyclic) bond motifs is 1. The van der Waals surface area contributed by atoms with Gasteiger partial charge in [0.15, 0.2) is 0 Å². The number of aromatic nitrogens is 2. The van der Waals surface area contributed by atoms with Gasteiger partial charge in [-0.05, 0) is 6.07 Å². The van der Waals surface area contributed by atoms with Crippen LogP contribution in [0.4, 0.5) is 4.39 Å². The van der Waals surface area contributed by atoms with Crippen LogP contribution in [-0.4, -0.2) is 28.8 Å². The molecule has 128 valence electrons. The Bertz CT molecular complexity index is 876. The monoisotopic (exact) mass is 337 g/mol. The Labute approximate surface area is 146 Å². The van der Waals surface area contributed by atoms with E-state index in [1.54, 1.807) is 19.2 Å². The van der Waals surface area contributed by atoms with Crippen molar-refractivity contribution in [3.8, 4) is 17.0 Å². The van der Waals surface area contributed by atoms with Gasteiger partial charge in [0.25, 0.3) is 0 Å². The number of hydrogen-bond donors (Lipinski definition) is 1. The Morgan fingerprint density at radius 1 is 1.20 bits per heavy atom. The molecule has 4 rings (SSSR count). The highest BCUT2D eigenvalue weighted by Crippen LogP contribution is 2.29. The number of aromatic amines is 1. The van der Waals surface area contributed by atoms with E-state index in [1.165, 1.54) is 17.3 Å². The minimum atomic E-state index is -0.222. The van der Waals surface area contributed by atoms with Crippen LogP contribution < -0.4 is 4.74 Å². The van der Waals surface area contributed by atoms with Crippen molar-refractivity contribution in [2.75, 3.05) is 13.7 Å². The maximum absolute atomic E-state index is 14.2. The van der Waals surface area contributed by atoms with E-state index in [9.17, 15) is 4.39 Å². The number of rotatable bonds is 4. The zero-order valence-corrected chi connectivity index (χ0v) is 14.1. The molecular weight excluding hydrogens is 317 g/mol. The van der Waals surface area contributed by atoms with Crippen LogP contribution in [0.2, 0.25) is 0 Å². The second kappa shape index (κ2) is 6.69. The van der Waals surface area contributed by atoms with Crippen LogP contribution in [0, 0.1) is 5.82 Å². The number of H-pyrrole nitrogens is 1. The molecule has 2 heterocycles. The molecule has 5 heteroatoms. The molecule has 0 spiro atoms. The van der Waals surface area contributed by atoms with Crippen molar-refractivity contribution in [2.45, 2.75) is 19.5 Å². The van der Waals surface area contributed by atoms with Gasteiger partial charge in [-0.25, -0.2) is 4.39 Å². The smallest absolute Gasteiger partial charge is 0.131 e. The predicted octanol–water partition coefficient (Wildman–Crippen LogP) is 3.78. The molecule has 0 amide bonds.